The number of thiazole rings is 1. The second-order valence-corrected chi connectivity index (χ2v) is 6.55. The van der Waals surface area contributed by atoms with Crippen LogP contribution in [-0.2, 0) is 18.0 Å². The van der Waals surface area contributed by atoms with Crippen LogP contribution >= 0.6 is 11.3 Å². The second-order valence-electron chi connectivity index (χ2n) is 5.49. The molecule has 6 heteroatoms. The molecule has 1 heterocycles. The molecule has 3 rings (SSSR count). The number of hydrogen-bond acceptors (Lipinski definition) is 6. The van der Waals surface area contributed by atoms with Gasteiger partial charge in [0.2, 0.25) is 0 Å². The lowest BCUT2D eigenvalue weighted by molar-refractivity contribution is 0.0467. The molecule has 0 aliphatic heterocycles. The normalized spacial score (nSPS) is 10.2. The molecule has 0 aliphatic rings. The van der Waals surface area contributed by atoms with Crippen LogP contribution in [0.3, 0.4) is 0 Å². The van der Waals surface area contributed by atoms with Crippen molar-refractivity contribution in [2.24, 2.45) is 0 Å². The van der Waals surface area contributed by atoms with E-state index in [1.807, 2.05) is 12.3 Å². The smallest absolute Gasteiger partial charge is 0.342 e. The van der Waals surface area contributed by atoms with Gasteiger partial charge in [-0.1, -0.05) is 30.3 Å². The first kappa shape index (κ1) is 17.6. The Bertz CT molecular complexity index is 959. The third-order valence-corrected chi connectivity index (χ3v) is 4.47. The molecule has 0 spiro atoms. The Balaban J connectivity index is 1.68. The lowest BCUT2D eigenvalue weighted by Crippen LogP contribution is -2.09. The molecule has 3 aromatic rings. The average molecular weight is 364 g/mol. The monoisotopic (exact) mass is 364 g/mol. The molecule has 0 radical (unpaired) electrons. The Labute approximate surface area is 155 Å². The summed E-state index contributed by atoms with van der Waals surface area (Å²) in [6, 6.07) is 16.0. The summed E-state index contributed by atoms with van der Waals surface area (Å²) >= 11 is 1.55. The van der Waals surface area contributed by atoms with Crippen LogP contribution < -0.4 is 4.74 Å². The number of para-hydroxylation sites is 1. The number of carbonyl (C=O) groups is 1. The van der Waals surface area contributed by atoms with Crippen LogP contribution in [0, 0.1) is 18.3 Å². The van der Waals surface area contributed by atoms with Crippen molar-refractivity contribution in [2.45, 2.75) is 20.1 Å². The highest BCUT2D eigenvalue weighted by atomic mass is 32.1. The van der Waals surface area contributed by atoms with E-state index in [1.54, 1.807) is 59.9 Å². The number of ether oxygens (including phenoxy) is 2. The van der Waals surface area contributed by atoms with Gasteiger partial charge in [0.25, 0.3) is 0 Å². The first-order valence-electron chi connectivity index (χ1n) is 7.95. The number of hydrogen-bond donors (Lipinski definition) is 0. The maximum Gasteiger partial charge on any atom is 0.342 e. The average Bonchev–Trinajstić information content (AvgIpc) is 3.10. The molecule has 26 heavy (non-hydrogen) atoms. The molecule has 130 valence electrons. The summed E-state index contributed by atoms with van der Waals surface area (Å²) in [4.78, 5) is 16.8. The molecule has 0 N–H and O–H groups in total. The zero-order chi connectivity index (χ0) is 18.4. The number of nitrogens with zero attached hydrogens (tertiary/aromatic N) is 2. The van der Waals surface area contributed by atoms with Crippen molar-refractivity contribution in [3.05, 3.63) is 81.3 Å². The molecule has 0 saturated heterocycles. The Hall–Kier alpha value is -3.17. The summed E-state index contributed by atoms with van der Waals surface area (Å²) in [6.07, 6.45) is 0. The molecule has 0 fully saturated rings. The molecule has 0 bridgehead atoms. The number of esters is 1. The van der Waals surface area contributed by atoms with Crippen molar-refractivity contribution >= 4 is 17.3 Å². The number of aryl methyl sites for hydroxylation is 1. The number of aromatic nitrogens is 1. The highest BCUT2D eigenvalue weighted by Gasteiger charge is 2.15. The summed E-state index contributed by atoms with van der Waals surface area (Å²) in [5, 5.41) is 12.0. The summed E-state index contributed by atoms with van der Waals surface area (Å²) < 4.78 is 11.1. The van der Waals surface area contributed by atoms with Crippen LogP contribution in [0.4, 0.5) is 0 Å². The summed E-state index contributed by atoms with van der Waals surface area (Å²) in [7, 11) is 0. The molecule has 0 atom stereocenters. The fraction of sp³-hybridized carbons (Fsp3) is 0.150. The van der Waals surface area contributed by atoms with Crippen LogP contribution in [0.5, 0.6) is 5.75 Å². The third kappa shape index (κ3) is 4.26. The minimum absolute atomic E-state index is 0.0299. The lowest BCUT2D eigenvalue weighted by Gasteiger charge is -2.11. The van der Waals surface area contributed by atoms with E-state index in [2.05, 4.69) is 11.1 Å². The summed E-state index contributed by atoms with van der Waals surface area (Å²) in [6.45, 7) is 2.24. The van der Waals surface area contributed by atoms with Crippen LogP contribution in [-0.4, -0.2) is 11.0 Å². The molecular weight excluding hydrogens is 348 g/mol. The van der Waals surface area contributed by atoms with Gasteiger partial charge in [-0.3, -0.25) is 0 Å². The molecule has 0 aliphatic carbocycles. The van der Waals surface area contributed by atoms with E-state index in [4.69, 9.17) is 14.7 Å². The SMILES string of the molecule is Cc1nc(COc2ccccc2C(=O)OCc2ccccc2C#N)cs1. The standard InChI is InChI=1S/C20H16N2O3S/c1-14-22-17(13-26-14)12-24-19-9-5-4-8-18(19)20(23)25-11-16-7-3-2-6-15(16)10-21/h2-9,13H,11-12H2,1H3. The van der Waals surface area contributed by atoms with Gasteiger partial charge in [-0.2, -0.15) is 5.26 Å². The number of benzene rings is 2. The van der Waals surface area contributed by atoms with E-state index in [9.17, 15) is 4.79 Å². The predicted molar refractivity (Wildman–Crippen MR) is 97.9 cm³/mol. The Morgan fingerprint density at radius 2 is 1.92 bits per heavy atom. The van der Waals surface area contributed by atoms with E-state index >= 15 is 0 Å². The zero-order valence-electron chi connectivity index (χ0n) is 14.1. The predicted octanol–water partition coefficient (Wildman–Crippen LogP) is 4.26. The molecule has 2 aromatic carbocycles. The van der Waals surface area contributed by atoms with Crippen molar-refractivity contribution in [3.8, 4) is 11.8 Å². The van der Waals surface area contributed by atoms with Crippen LogP contribution in [0.25, 0.3) is 0 Å². The van der Waals surface area contributed by atoms with Crippen LogP contribution in [0.1, 0.15) is 32.2 Å². The van der Waals surface area contributed by atoms with Gasteiger partial charge in [0.15, 0.2) is 0 Å². The summed E-state index contributed by atoms with van der Waals surface area (Å²) in [5.41, 5.74) is 2.32. The van der Waals surface area contributed by atoms with Gasteiger partial charge >= 0.3 is 5.97 Å². The van der Waals surface area contributed by atoms with Crippen molar-refractivity contribution in [3.63, 3.8) is 0 Å². The first-order chi connectivity index (χ1) is 12.7. The molecule has 0 amide bonds. The quantitative estimate of drug-likeness (QED) is 0.611. The van der Waals surface area contributed by atoms with E-state index in [0.29, 0.717) is 22.4 Å². The van der Waals surface area contributed by atoms with Gasteiger partial charge in [-0.15, -0.1) is 11.3 Å². The van der Waals surface area contributed by atoms with E-state index < -0.39 is 5.97 Å². The van der Waals surface area contributed by atoms with E-state index in [-0.39, 0.29) is 13.2 Å². The van der Waals surface area contributed by atoms with Crippen LogP contribution in [0.2, 0.25) is 0 Å². The maximum atomic E-state index is 12.5. The highest BCUT2D eigenvalue weighted by molar-refractivity contribution is 7.09. The number of rotatable bonds is 6. The van der Waals surface area contributed by atoms with E-state index in [0.717, 1.165) is 10.7 Å². The molecule has 5 nitrogen and oxygen atoms in total. The molecule has 1 aromatic heterocycles. The Morgan fingerprint density at radius 1 is 1.15 bits per heavy atom. The fourth-order valence-corrected chi connectivity index (χ4v) is 2.96. The van der Waals surface area contributed by atoms with Gasteiger partial charge in [-0.05, 0) is 25.1 Å². The number of nitriles is 1. The lowest BCUT2D eigenvalue weighted by atomic mass is 10.1. The van der Waals surface area contributed by atoms with Gasteiger partial charge in [0.1, 0.15) is 24.5 Å². The third-order valence-electron chi connectivity index (χ3n) is 3.65. The first-order valence-corrected chi connectivity index (χ1v) is 8.83. The minimum atomic E-state index is -0.497. The minimum Gasteiger partial charge on any atom is -0.486 e. The maximum absolute atomic E-state index is 12.5. The van der Waals surface area contributed by atoms with Crippen molar-refractivity contribution in [2.75, 3.05) is 0 Å². The fourth-order valence-electron chi connectivity index (χ4n) is 2.36. The van der Waals surface area contributed by atoms with Gasteiger partial charge in [0.05, 0.1) is 22.3 Å². The Morgan fingerprint density at radius 3 is 2.69 bits per heavy atom. The van der Waals surface area contributed by atoms with Gasteiger partial charge < -0.3 is 9.47 Å². The van der Waals surface area contributed by atoms with Crippen molar-refractivity contribution in [1.29, 1.82) is 5.26 Å². The van der Waals surface area contributed by atoms with Crippen molar-refractivity contribution < 1.29 is 14.3 Å². The second kappa shape index (κ2) is 8.28. The topological polar surface area (TPSA) is 72.2 Å². The number of carbonyl (C=O) groups excluding carboxylic acids is 1. The van der Waals surface area contributed by atoms with Gasteiger partial charge in [0, 0.05) is 10.9 Å². The van der Waals surface area contributed by atoms with Crippen LogP contribution in [0.15, 0.2) is 53.9 Å². The molecule has 0 unspecified atom stereocenters. The molecule has 0 saturated carbocycles. The van der Waals surface area contributed by atoms with Crippen molar-refractivity contribution in [1.82, 2.24) is 4.98 Å². The molecular formula is C20H16N2O3S. The summed E-state index contributed by atoms with van der Waals surface area (Å²) in [5.74, 6) is -0.0560. The largest absolute Gasteiger partial charge is 0.486 e. The van der Waals surface area contributed by atoms with E-state index in [1.165, 1.54) is 0 Å². The van der Waals surface area contributed by atoms with Gasteiger partial charge in [-0.25, -0.2) is 9.78 Å². The Kier molecular flexibility index (Phi) is 5.62. The zero-order valence-corrected chi connectivity index (χ0v) is 15.0. The highest BCUT2D eigenvalue weighted by Crippen LogP contribution is 2.21.